The van der Waals surface area contributed by atoms with Crippen molar-refractivity contribution in [2.24, 2.45) is 0 Å². The van der Waals surface area contributed by atoms with Crippen molar-refractivity contribution < 1.29 is 0 Å². The number of rotatable bonds is 4. The molecule has 4 nitrogen and oxygen atoms in total. The van der Waals surface area contributed by atoms with Gasteiger partial charge in [-0.3, -0.25) is 4.98 Å². The van der Waals surface area contributed by atoms with Crippen LogP contribution in [-0.4, -0.2) is 14.7 Å². The third-order valence-electron chi connectivity index (χ3n) is 6.91. The van der Waals surface area contributed by atoms with Gasteiger partial charge in [-0.05, 0) is 112 Å². The summed E-state index contributed by atoms with van der Waals surface area (Å²) in [6, 6.07) is 21.3. The SMILES string of the molecule is Cc1ccc(C)c(-n2c(C)cc([C@@H]3[C@H](c4ccccn4)NC(=S)N3c3ccc(Br)c(C)c3)c2C)c1. The molecule has 5 rings (SSSR count). The largest absolute Gasteiger partial charge is 0.351 e. The quantitative estimate of drug-likeness (QED) is 0.272. The van der Waals surface area contributed by atoms with E-state index in [-0.39, 0.29) is 12.1 Å². The second kappa shape index (κ2) is 9.25. The molecule has 35 heavy (non-hydrogen) atoms. The van der Waals surface area contributed by atoms with E-state index in [1.54, 1.807) is 0 Å². The summed E-state index contributed by atoms with van der Waals surface area (Å²) in [5.41, 5.74) is 10.6. The molecule has 0 radical (unpaired) electrons. The highest BCUT2D eigenvalue weighted by Gasteiger charge is 2.42. The van der Waals surface area contributed by atoms with Crippen molar-refractivity contribution in [2.45, 2.75) is 46.7 Å². The molecule has 1 aliphatic heterocycles. The predicted molar refractivity (Wildman–Crippen MR) is 152 cm³/mol. The summed E-state index contributed by atoms with van der Waals surface area (Å²) in [4.78, 5) is 6.96. The number of thiocarbonyl (C=S) groups is 1. The molecule has 2 aromatic carbocycles. The number of nitrogens with zero attached hydrogens (tertiary/aromatic N) is 3. The zero-order chi connectivity index (χ0) is 24.9. The second-order valence-corrected chi connectivity index (χ2v) is 10.6. The van der Waals surface area contributed by atoms with Crippen LogP contribution >= 0.6 is 28.1 Å². The van der Waals surface area contributed by atoms with Crippen molar-refractivity contribution in [3.8, 4) is 5.69 Å². The molecule has 4 aromatic rings. The zero-order valence-electron chi connectivity index (χ0n) is 20.6. The van der Waals surface area contributed by atoms with Gasteiger partial charge in [-0.25, -0.2) is 0 Å². The van der Waals surface area contributed by atoms with Crippen LogP contribution in [0.5, 0.6) is 0 Å². The molecule has 0 bridgehead atoms. The number of hydrogen-bond donors (Lipinski definition) is 1. The van der Waals surface area contributed by atoms with E-state index in [1.165, 1.54) is 39.3 Å². The average molecular weight is 546 g/mol. The highest BCUT2D eigenvalue weighted by molar-refractivity contribution is 9.10. The topological polar surface area (TPSA) is 33.1 Å². The molecule has 1 saturated heterocycles. The summed E-state index contributed by atoms with van der Waals surface area (Å²) >= 11 is 9.58. The highest BCUT2D eigenvalue weighted by atomic mass is 79.9. The molecule has 0 amide bonds. The Morgan fingerprint density at radius 1 is 0.914 bits per heavy atom. The summed E-state index contributed by atoms with van der Waals surface area (Å²) in [5.74, 6) is 0. The first-order valence-corrected chi connectivity index (χ1v) is 13.0. The minimum atomic E-state index is -0.0693. The van der Waals surface area contributed by atoms with E-state index in [9.17, 15) is 0 Å². The normalized spacial score (nSPS) is 17.7. The van der Waals surface area contributed by atoms with Gasteiger partial charge in [-0.1, -0.05) is 34.1 Å². The summed E-state index contributed by atoms with van der Waals surface area (Å²) in [5, 5.41) is 4.30. The van der Waals surface area contributed by atoms with E-state index < -0.39 is 0 Å². The number of nitrogens with one attached hydrogen (secondary N) is 1. The lowest BCUT2D eigenvalue weighted by molar-refractivity contribution is 0.565. The van der Waals surface area contributed by atoms with Crippen molar-refractivity contribution in [3.05, 3.63) is 111 Å². The van der Waals surface area contributed by atoms with Crippen LogP contribution in [0.1, 0.15) is 51.4 Å². The van der Waals surface area contributed by atoms with Gasteiger partial charge in [0.2, 0.25) is 0 Å². The summed E-state index contributed by atoms with van der Waals surface area (Å²) in [6.07, 6.45) is 1.85. The number of anilines is 1. The Hall–Kier alpha value is -2.96. The molecule has 0 aliphatic carbocycles. The number of benzene rings is 2. The Bertz CT molecular complexity index is 1430. The molecule has 0 saturated carbocycles. The van der Waals surface area contributed by atoms with Crippen molar-refractivity contribution in [2.75, 3.05) is 4.90 Å². The standard InChI is InChI=1S/C29H29BrN4S/c1-17-9-10-18(2)26(14-17)33-20(4)16-23(21(33)5)28-27(25-8-6-7-13-31-25)32-29(35)34(28)22-11-12-24(30)19(3)15-22/h6-16,27-28H,1-5H3,(H,32,35)/t27-,28+/m0/s1. The van der Waals surface area contributed by atoms with Gasteiger partial charge in [0.1, 0.15) is 0 Å². The highest BCUT2D eigenvalue weighted by Crippen LogP contribution is 2.44. The molecule has 3 heterocycles. The first-order valence-electron chi connectivity index (χ1n) is 11.8. The molecule has 1 aliphatic rings. The van der Waals surface area contributed by atoms with Gasteiger partial charge in [0.25, 0.3) is 0 Å². The fourth-order valence-corrected chi connectivity index (χ4v) is 5.74. The van der Waals surface area contributed by atoms with E-state index in [4.69, 9.17) is 17.2 Å². The minimum absolute atomic E-state index is 0.0389. The lowest BCUT2D eigenvalue weighted by Crippen LogP contribution is -2.29. The molecule has 1 N–H and O–H groups in total. The molecule has 2 atom stereocenters. The number of halogens is 1. The van der Waals surface area contributed by atoms with Crippen LogP contribution in [0.3, 0.4) is 0 Å². The Kier molecular flexibility index (Phi) is 6.28. The number of aromatic nitrogens is 2. The Balaban J connectivity index is 1.71. The third-order valence-corrected chi connectivity index (χ3v) is 8.12. The smallest absolute Gasteiger partial charge is 0.174 e. The van der Waals surface area contributed by atoms with E-state index in [2.05, 4.69) is 114 Å². The van der Waals surface area contributed by atoms with Crippen LogP contribution in [0, 0.1) is 34.6 Å². The van der Waals surface area contributed by atoms with Crippen LogP contribution in [0.2, 0.25) is 0 Å². The van der Waals surface area contributed by atoms with Crippen molar-refractivity contribution >= 4 is 38.9 Å². The van der Waals surface area contributed by atoms with Crippen LogP contribution < -0.4 is 10.2 Å². The zero-order valence-corrected chi connectivity index (χ0v) is 23.0. The molecular formula is C29H29BrN4S. The Morgan fingerprint density at radius 2 is 1.71 bits per heavy atom. The maximum Gasteiger partial charge on any atom is 0.174 e. The van der Waals surface area contributed by atoms with Crippen LogP contribution in [0.15, 0.2) is 71.3 Å². The van der Waals surface area contributed by atoms with E-state index in [0.29, 0.717) is 5.11 Å². The molecule has 2 aromatic heterocycles. The summed E-state index contributed by atoms with van der Waals surface area (Å²) in [7, 11) is 0. The van der Waals surface area contributed by atoms with Crippen LogP contribution in [-0.2, 0) is 0 Å². The van der Waals surface area contributed by atoms with Gasteiger partial charge in [-0.2, -0.15) is 0 Å². The number of hydrogen-bond acceptors (Lipinski definition) is 2. The van der Waals surface area contributed by atoms with E-state index >= 15 is 0 Å². The lowest BCUT2D eigenvalue weighted by atomic mass is 9.96. The summed E-state index contributed by atoms with van der Waals surface area (Å²) in [6.45, 7) is 10.8. The van der Waals surface area contributed by atoms with Gasteiger partial charge < -0.3 is 14.8 Å². The third kappa shape index (κ3) is 4.19. The lowest BCUT2D eigenvalue weighted by Gasteiger charge is -2.28. The number of pyridine rings is 1. The van der Waals surface area contributed by atoms with E-state index in [1.807, 2.05) is 18.3 Å². The van der Waals surface area contributed by atoms with Crippen LogP contribution in [0.4, 0.5) is 5.69 Å². The van der Waals surface area contributed by atoms with Gasteiger partial charge in [0.05, 0.1) is 17.8 Å². The van der Waals surface area contributed by atoms with Crippen molar-refractivity contribution in [3.63, 3.8) is 0 Å². The Labute approximate surface area is 221 Å². The molecule has 1 fully saturated rings. The average Bonchev–Trinajstić information content (AvgIpc) is 3.33. The predicted octanol–water partition coefficient (Wildman–Crippen LogP) is 7.35. The van der Waals surface area contributed by atoms with Gasteiger partial charge in [-0.15, -0.1) is 0 Å². The van der Waals surface area contributed by atoms with Gasteiger partial charge >= 0.3 is 0 Å². The molecule has 178 valence electrons. The fourth-order valence-electron chi connectivity index (χ4n) is 5.15. The molecule has 6 heteroatoms. The molecule has 0 spiro atoms. The van der Waals surface area contributed by atoms with Crippen molar-refractivity contribution in [1.82, 2.24) is 14.9 Å². The summed E-state index contributed by atoms with van der Waals surface area (Å²) < 4.78 is 3.46. The fraction of sp³-hybridized carbons (Fsp3) is 0.241. The number of aryl methyl sites for hydroxylation is 4. The van der Waals surface area contributed by atoms with Gasteiger partial charge in [0, 0.05) is 33.4 Å². The Morgan fingerprint density at radius 3 is 2.43 bits per heavy atom. The minimum Gasteiger partial charge on any atom is -0.351 e. The maximum absolute atomic E-state index is 5.94. The first-order chi connectivity index (χ1) is 16.8. The first kappa shape index (κ1) is 23.8. The van der Waals surface area contributed by atoms with Crippen molar-refractivity contribution in [1.29, 1.82) is 0 Å². The maximum atomic E-state index is 5.94. The van der Waals surface area contributed by atoms with Gasteiger partial charge in [0.15, 0.2) is 5.11 Å². The van der Waals surface area contributed by atoms with Crippen LogP contribution in [0.25, 0.3) is 5.69 Å². The molecular weight excluding hydrogens is 516 g/mol. The molecule has 0 unspecified atom stereocenters. The monoisotopic (exact) mass is 544 g/mol. The second-order valence-electron chi connectivity index (χ2n) is 9.38. The van der Waals surface area contributed by atoms with E-state index in [0.717, 1.165) is 15.9 Å².